The van der Waals surface area contributed by atoms with Crippen LogP contribution in [0.2, 0.25) is 0 Å². The van der Waals surface area contributed by atoms with E-state index < -0.39 is 0 Å². The van der Waals surface area contributed by atoms with Gasteiger partial charge in [0.1, 0.15) is 5.82 Å². The van der Waals surface area contributed by atoms with Crippen molar-refractivity contribution < 1.29 is 9.18 Å². The molecule has 0 aliphatic heterocycles. The van der Waals surface area contributed by atoms with Crippen molar-refractivity contribution in [1.29, 1.82) is 0 Å². The maximum Gasteiger partial charge on any atom is 0.220 e. The van der Waals surface area contributed by atoms with Crippen LogP contribution in [0.3, 0.4) is 0 Å². The fourth-order valence-electron chi connectivity index (χ4n) is 3.71. The summed E-state index contributed by atoms with van der Waals surface area (Å²) in [6.45, 7) is 8.80. The van der Waals surface area contributed by atoms with Gasteiger partial charge >= 0.3 is 0 Å². The van der Waals surface area contributed by atoms with Crippen LogP contribution in [0.1, 0.15) is 55.4 Å². The van der Waals surface area contributed by atoms with Crippen LogP contribution < -0.4 is 5.32 Å². The summed E-state index contributed by atoms with van der Waals surface area (Å²) in [7, 11) is 0. The maximum absolute atomic E-state index is 14.8. The number of H-pyrrole nitrogens is 1. The van der Waals surface area contributed by atoms with Crippen molar-refractivity contribution in [3.63, 3.8) is 0 Å². The van der Waals surface area contributed by atoms with E-state index in [4.69, 9.17) is 0 Å². The van der Waals surface area contributed by atoms with E-state index in [0.717, 1.165) is 28.5 Å². The molecule has 1 amide bonds. The van der Waals surface area contributed by atoms with E-state index in [2.05, 4.69) is 37.1 Å². The minimum absolute atomic E-state index is 0.0550. The second kappa shape index (κ2) is 8.59. The van der Waals surface area contributed by atoms with Crippen LogP contribution in [-0.2, 0) is 11.2 Å². The molecule has 2 N–H and O–H groups in total. The lowest BCUT2D eigenvalue weighted by atomic mass is 9.86. The van der Waals surface area contributed by atoms with Crippen molar-refractivity contribution in [2.45, 2.75) is 46.5 Å². The Morgan fingerprint density at radius 3 is 2.68 bits per heavy atom. The molecule has 1 aromatic heterocycles. The number of carbonyl (C=O) groups is 1. The normalized spacial score (nSPS) is 12.5. The molecule has 0 saturated heterocycles. The Labute approximate surface area is 166 Å². The zero-order valence-corrected chi connectivity index (χ0v) is 17.1. The molecule has 1 atom stereocenters. The molecule has 0 spiro atoms. The SMILES string of the molecule is CCc1cccc2c([C@H](CC(=O)NCC(C)C)c3cc(C)ccc3F)c[nH]c12. The van der Waals surface area contributed by atoms with Crippen LogP contribution in [0.25, 0.3) is 10.9 Å². The van der Waals surface area contributed by atoms with Gasteiger partial charge in [-0.15, -0.1) is 0 Å². The molecular weight excluding hydrogens is 351 g/mol. The zero-order chi connectivity index (χ0) is 20.3. The summed E-state index contributed by atoms with van der Waals surface area (Å²) < 4.78 is 14.8. The summed E-state index contributed by atoms with van der Waals surface area (Å²) in [5.74, 6) is -0.292. The third-order valence-corrected chi connectivity index (χ3v) is 5.21. The molecule has 0 saturated carbocycles. The first kappa shape index (κ1) is 20.1. The average molecular weight is 381 g/mol. The fraction of sp³-hybridized carbons (Fsp3) is 0.375. The van der Waals surface area contributed by atoms with Crippen molar-refractivity contribution >= 4 is 16.8 Å². The first-order chi connectivity index (χ1) is 13.4. The fourth-order valence-corrected chi connectivity index (χ4v) is 3.71. The maximum atomic E-state index is 14.8. The van der Waals surface area contributed by atoms with Gasteiger partial charge < -0.3 is 10.3 Å². The molecule has 28 heavy (non-hydrogen) atoms. The van der Waals surface area contributed by atoms with Crippen LogP contribution in [-0.4, -0.2) is 17.4 Å². The van der Waals surface area contributed by atoms with Gasteiger partial charge in [0.2, 0.25) is 5.91 Å². The van der Waals surface area contributed by atoms with Crippen molar-refractivity contribution in [2.24, 2.45) is 5.92 Å². The predicted molar refractivity (Wildman–Crippen MR) is 113 cm³/mol. The van der Waals surface area contributed by atoms with Gasteiger partial charge in [-0.1, -0.05) is 56.7 Å². The number of halogens is 1. The summed E-state index contributed by atoms with van der Waals surface area (Å²) in [5.41, 5.74) is 4.81. The Morgan fingerprint density at radius 2 is 1.96 bits per heavy atom. The molecular formula is C24H29FN2O. The van der Waals surface area contributed by atoms with Gasteiger partial charge in [-0.3, -0.25) is 4.79 Å². The van der Waals surface area contributed by atoms with Gasteiger partial charge in [0.25, 0.3) is 0 Å². The number of benzene rings is 2. The Balaban J connectivity index is 2.06. The number of hydrogen-bond donors (Lipinski definition) is 2. The van der Waals surface area contributed by atoms with Gasteiger partial charge in [-0.25, -0.2) is 4.39 Å². The van der Waals surface area contributed by atoms with Gasteiger partial charge in [0, 0.05) is 36.0 Å². The van der Waals surface area contributed by atoms with E-state index in [-0.39, 0.29) is 24.1 Å². The third-order valence-electron chi connectivity index (χ3n) is 5.21. The highest BCUT2D eigenvalue weighted by Gasteiger charge is 2.24. The molecule has 4 heteroatoms. The number of rotatable bonds is 7. The van der Waals surface area contributed by atoms with E-state index in [0.29, 0.717) is 18.0 Å². The molecule has 0 aliphatic rings. The van der Waals surface area contributed by atoms with Crippen LogP contribution in [0.4, 0.5) is 4.39 Å². The van der Waals surface area contributed by atoms with Crippen molar-refractivity contribution in [3.8, 4) is 0 Å². The Kier molecular flexibility index (Phi) is 6.18. The Morgan fingerprint density at radius 1 is 1.18 bits per heavy atom. The summed E-state index contributed by atoms with van der Waals surface area (Å²) >= 11 is 0. The molecule has 0 unspecified atom stereocenters. The molecule has 0 fully saturated rings. The summed E-state index contributed by atoms with van der Waals surface area (Å²) in [5, 5.41) is 4.03. The molecule has 0 aliphatic carbocycles. The lowest BCUT2D eigenvalue weighted by molar-refractivity contribution is -0.121. The second-order valence-corrected chi connectivity index (χ2v) is 7.92. The Hall–Kier alpha value is -2.62. The number of para-hydroxylation sites is 1. The minimum Gasteiger partial charge on any atom is -0.361 e. The number of carbonyl (C=O) groups excluding carboxylic acids is 1. The minimum atomic E-state index is -0.340. The van der Waals surface area contributed by atoms with Crippen LogP contribution in [0, 0.1) is 18.7 Å². The number of hydrogen-bond acceptors (Lipinski definition) is 1. The van der Waals surface area contributed by atoms with Gasteiger partial charge in [0.05, 0.1) is 0 Å². The van der Waals surface area contributed by atoms with Crippen LogP contribution >= 0.6 is 0 Å². The van der Waals surface area contributed by atoms with E-state index in [1.807, 2.05) is 31.3 Å². The molecule has 3 aromatic rings. The lowest BCUT2D eigenvalue weighted by Crippen LogP contribution is -2.29. The average Bonchev–Trinajstić information content (AvgIpc) is 3.10. The summed E-state index contributed by atoms with van der Waals surface area (Å²) in [4.78, 5) is 16.0. The number of nitrogens with one attached hydrogen (secondary N) is 2. The van der Waals surface area contributed by atoms with E-state index in [1.54, 1.807) is 6.07 Å². The first-order valence-corrected chi connectivity index (χ1v) is 10.0. The number of amides is 1. The molecule has 2 aromatic carbocycles. The van der Waals surface area contributed by atoms with Crippen molar-refractivity contribution in [1.82, 2.24) is 10.3 Å². The third kappa shape index (κ3) is 4.27. The number of fused-ring (bicyclic) bond motifs is 1. The molecule has 0 bridgehead atoms. The summed E-state index contributed by atoms with van der Waals surface area (Å²) in [6, 6.07) is 11.3. The van der Waals surface area contributed by atoms with Gasteiger partial charge in [-0.2, -0.15) is 0 Å². The molecule has 148 valence electrons. The van der Waals surface area contributed by atoms with E-state index in [1.165, 1.54) is 11.6 Å². The smallest absolute Gasteiger partial charge is 0.220 e. The largest absolute Gasteiger partial charge is 0.361 e. The topological polar surface area (TPSA) is 44.9 Å². The van der Waals surface area contributed by atoms with E-state index >= 15 is 0 Å². The Bertz CT molecular complexity index is 974. The zero-order valence-electron chi connectivity index (χ0n) is 17.1. The number of aryl methyl sites for hydroxylation is 2. The highest BCUT2D eigenvalue weighted by atomic mass is 19.1. The number of aromatic amines is 1. The molecule has 3 rings (SSSR count). The highest BCUT2D eigenvalue weighted by molar-refractivity contribution is 5.88. The van der Waals surface area contributed by atoms with Crippen molar-refractivity contribution in [2.75, 3.05) is 6.54 Å². The second-order valence-electron chi connectivity index (χ2n) is 7.92. The standard InChI is InChI=1S/C24H29FN2O/c1-5-17-7-6-8-18-21(14-27-24(17)18)19(12-23(28)26-13-15(2)3)20-11-16(4)9-10-22(20)25/h6-11,14-15,19,27H,5,12-13H2,1-4H3,(H,26,28)/t19-/m1/s1. The molecule has 1 heterocycles. The van der Waals surface area contributed by atoms with Gasteiger partial charge in [-0.05, 0) is 42.0 Å². The monoisotopic (exact) mass is 380 g/mol. The van der Waals surface area contributed by atoms with Gasteiger partial charge in [0.15, 0.2) is 0 Å². The summed E-state index contributed by atoms with van der Waals surface area (Å²) in [6.07, 6.45) is 3.07. The predicted octanol–water partition coefficient (Wildman–Crippen LogP) is 5.47. The van der Waals surface area contributed by atoms with Crippen molar-refractivity contribution in [3.05, 3.63) is 70.7 Å². The first-order valence-electron chi connectivity index (χ1n) is 10.0. The van der Waals surface area contributed by atoms with Crippen LogP contribution in [0.5, 0.6) is 0 Å². The number of aromatic nitrogens is 1. The highest BCUT2D eigenvalue weighted by Crippen LogP contribution is 2.36. The molecule has 3 nitrogen and oxygen atoms in total. The van der Waals surface area contributed by atoms with E-state index in [9.17, 15) is 9.18 Å². The van der Waals surface area contributed by atoms with Crippen LogP contribution in [0.15, 0.2) is 42.6 Å². The lowest BCUT2D eigenvalue weighted by Gasteiger charge is -2.19. The molecule has 0 radical (unpaired) electrons. The quantitative estimate of drug-likeness (QED) is 0.561.